The zero-order valence-corrected chi connectivity index (χ0v) is 15.8. The van der Waals surface area contributed by atoms with Crippen LogP contribution in [0.1, 0.15) is 86.5 Å². The molecule has 1 aliphatic heterocycles. The standard InChI is InChI=1S/C20H37NO/c1-18(2,3)11-7-8-16-9-14-21(15-10-16)17(22)20(12-13-20)19(4,5)6/h16H,7-15H2,1-6H3. The lowest BCUT2D eigenvalue weighted by molar-refractivity contribution is -0.142. The highest BCUT2D eigenvalue weighted by atomic mass is 16.2. The molecular formula is C20H37NO. The number of rotatable bonds is 4. The van der Waals surface area contributed by atoms with Crippen LogP contribution in [0, 0.1) is 22.2 Å². The molecule has 1 amide bonds. The Morgan fingerprint density at radius 1 is 1.05 bits per heavy atom. The molecule has 1 heterocycles. The first-order valence-electron chi connectivity index (χ1n) is 9.35. The number of hydrogen-bond donors (Lipinski definition) is 0. The van der Waals surface area contributed by atoms with Crippen molar-refractivity contribution in [3.8, 4) is 0 Å². The number of carbonyl (C=O) groups excluding carboxylic acids is 1. The van der Waals surface area contributed by atoms with Crippen molar-refractivity contribution in [3.63, 3.8) is 0 Å². The third-order valence-corrected chi connectivity index (χ3v) is 6.04. The molecule has 2 aliphatic rings. The number of likely N-dealkylation sites (tertiary alicyclic amines) is 1. The Kier molecular flexibility index (Phi) is 5.00. The summed E-state index contributed by atoms with van der Waals surface area (Å²) in [6.07, 6.45) is 8.64. The van der Waals surface area contributed by atoms with E-state index < -0.39 is 0 Å². The van der Waals surface area contributed by atoms with E-state index in [-0.39, 0.29) is 10.8 Å². The molecule has 2 nitrogen and oxygen atoms in total. The van der Waals surface area contributed by atoms with Gasteiger partial charge in [-0.15, -0.1) is 0 Å². The number of piperidine rings is 1. The van der Waals surface area contributed by atoms with E-state index in [1.54, 1.807) is 0 Å². The Labute approximate surface area is 138 Å². The highest BCUT2D eigenvalue weighted by molar-refractivity contribution is 5.86. The minimum atomic E-state index is -0.0356. The minimum absolute atomic E-state index is 0.0356. The van der Waals surface area contributed by atoms with Crippen LogP contribution >= 0.6 is 0 Å². The quantitative estimate of drug-likeness (QED) is 0.693. The second kappa shape index (κ2) is 6.17. The fourth-order valence-corrected chi connectivity index (χ4v) is 4.06. The van der Waals surface area contributed by atoms with E-state index in [4.69, 9.17) is 0 Å². The van der Waals surface area contributed by atoms with Crippen LogP contribution in [0.5, 0.6) is 0 Å². The predicted molar refractivity (Wildman–Crippen MR) is 93.7 cm³/mol. The largest absolute Gasteiger partial charge is 0.342 e. The van der Waals surface area contributed by atoms with E-state index in [9.17, 15) is 4.79 Å². The first-order chi connectivity index (χ1) is 10.1. The van der Waals surface area contributed by atoms with Crippen molar-refractivity contribution in [3.05, 3.63) is 0 Å². The molecule has 2 heteroatoms. The Balaban J connectivity index is 1.77. The Bertz CT molecular complexity index is 387. The van der Waals surface area contributed by atoms with Gasteiger partial charge in [-0.05, 0) is 48.9 Å². The Morgan fingerprint density at radius 2 is 1.59 bits per heavy atom. The molecule has 0 atom stereocenters. The van der Waals surface area contributed by atoms with Crippen molar-refractivity contribution in [2.75, 3.05) is 13.1 Å². The second-order valence-corrected chi connectivity index (χ2v) is 10.0. The van der Waals surface area contributed by atoms with E-state index in [1.807, 2.05) is 0 Å². The van der Waals surface area contributed by atoms with Gasteiger partial charge >= 0.3 is 0 Å². The van der Waals surface area contributed by atoms with Crippen molar-refractivity contribution in [1.29, 1.82) is 0 Å². The van der Waals surface area contributed by atoms with Crippen LogP contribution in [0.25, 0.3) is 0 Å². The van der Waals surface area contributed by atoms with E-state index in [2.05, 4.69) is 46.4 Å². The SMILES string of the molecule is CC(C)(C)CCCC1CCN(C(=O)C2(C(C)(C)C)CC2)CC1. The highest BCUT2D eigenvalue weighted by Gasteiger charge is 2.59. The average molecular weight is 308 g/mol. The van der Waals surface area contributed by atoms with Crippen molar-refractivity contribution < 1.29 is 4.79 Å². The summed E-state index contributed by atoms with van der Waals surface area (Å²) in [5.74, 6) is 1.30. The molecule has 0 radical (unpaired) electrons. The second-order valence-electron chi connectivity index (χ2n) is 10.0. The summed E-state index contributed by atoms with van der Waals surface area (Å²) in [6, 6.07) is 0. The van der Waals surface area contributed by atoms with Crippen LogP contribution in [-0.2, 0) is 4.79 Å². The molecule has 128 valence electrons. The van der Waals surface area contributed by atoms with Gasteiger partial charge in [-0.2, -0.15) is 0 Å². The molecule has 0 aromatic heterocycles. The van der Waals surface area contributed by atoms with Gasteiger partial charge in [0, 0.05) is 13.1 Å². The molecular weight excluding hydrogens is 270 g/mol. The average Bonchev–Trinajstić information content (AvgIpc) is 3.18. The lowest BCUT2D eigenvalue weighted by Crippen LogP contribution is -2.46. The van der Waals surface area contributed by atoms with Gasteiger partial charge in [-0.1, -0.05) is 54.4 Å². The summed E-state index contributed by atoms with van der Waals surface area (Å²) < 4.78 is 0. The molecule has 0 bridgehead atoms. The van der Waals surface area contributed by atoms with E-state index in [0.717, 1.165) is 31.8 Å². The summed E-state index contributed by atoms with van der Waals surface area (Å²) in [6.45, 7) is 15.7. The summed E-state index contributed by atoms with van der Waals surface area (Å²) in [4.78, 5) is 15.1. The third kappa shape index (κ3) is 4.06. The van der Waals surface area contributed by atoms with Crippen molar-refractivity contribution >= 4 is 5.91 Å². The Hall–Kier alpha value is -0.530. The van der Waals surface area contributed by atoms with Gasteiger partial charge in [-0.25, -0.2) is 0 Å². The molecule has 1 aliphatic carbocycles. The predicted octanol–water partition coefficient (Wildman–Crippen LogP) is 5.27. The van der Waals surface area contributed by atoms with Gasteiger partial charge in [0.2, 0.25) is 5.91 Å². The summed E-state index contributed by atoms with van der Waals surface area (Å²) >= 11 is 0. The number of amides is 1. The van der Waals surface area contributed by atoms with Gasteiger partial charge in [0.05, 0.1) is 5.41 Å². The molecule has 2 rings (SSSR count). The van der Waals surface area contributed by atoms with Crippen LogP contribution in [-0.4, -0.2) is 23.9 Å². The number of hydrogen-bond acceptors (Lipinski definition) is 1. The van der Waals surface area contributed by atoms with Crippen LogP contribution in [0.4, 0.5) is 0 Å². The molecule has 0 unspecified atom stereocenters. The van der Waals surface area contributed by atoms with Gasteiger partial charge in [0.1, 0.15) is 0 Å². The molecule has 0 aromatic carbocycles. The van der Waals surface area contributed by atoms with Gasteiger partial charge in [0.15, 0.2) is 0 Å². The maximum Gasteiger partial charge on any atom is 0.229 e. The summed E-state index contributed by atoms with van der Waals surface area (Å²) in [7, 11) is 0. The van der Waals surface area contributed by atoms with Crippen LogP contribution < -0.4 is 0 Å². The molecule has 0 aromatic rings. The maximum atomic E-state index is 12.9. The molecule has 1 saturated carbocycles. The third-order valence-electron chi connectivity index (χ3n) is 6.04. The molecule has 0 spiro atoms. The lowest BCUT2D eigenvalue weighted by atomic mass is 9.76. The molecule has 2 fully saturated rings. The van der Waals surface area contributed by atoms with Gasteiger partial charge in [0.25, 0.3) is 0 Å². The first kappa shape index (κ1) is 17.8. The fraction of sp³-hybridized carbons (Fsp3) is 0.950. The van der Waals surface area contributed by atoms with Crippen LogP contribution in [0.15, 0.2) is 0 Å². The summed E-state index contributed by atoms with van der Waals surface area (Å²) in [5.41, 5.74) is 0.543. The topological polar surface area (TPSA) is 20.3 Å². The summed E-state index contributed by atoms with van der Waals surface area (Å²) in [5, 5.41) is 0. The normalized spacial score (nSPS) is 22.7. The molecule has 0 N–H and O–H groups in total. The van der Waals surface area contributed by atoms with E-state index in [1.165, 1.54) is 32.1 Å². The van der Waals surface area contributed by atoms with Gasteiger partial charge < -0.3 is 4.90 Å². The zero-order chi connectivity index (χ0) is 16.6. The molecule has 22 heavy (non-hydrogen) atoms. The van der Waals surface area contributed by atoms with Crippen molar-refractivity contribution in [1.82, 2.24) is 4.90 Å². The van der Waals surface area contributed by atoms with Crippen LogP contribution in [0.3, 0.4) is 0 Å². The van der Waals surface area contributed by atoms with Crippen molar-refractivity contribution in [2.45, 2.75) is 86.5 Å². The van der Waals surface area contributed by atoms with E-state index >= 15 is 0 Å². The monoisotopic (exact) mass is 307 g/mol. The van der Waals surface area contributed by atoms with Crippen molar-refractivity contribution in [2.24, 2.45) is 22.2 Å². The number of nitrogens with zero attached hydrogens (tertiary/aromatic N) is 1. The van der Waals surface area contributed by atoms with Gasteiger partial charge in [-0.3, -0.25) is 4.79 Å². The fourth-order valence-electron chi connectivity index (χ4n) is 4.06. The number of carbonyl (C=O) groups is 1. The Morgan fingerprint density at radius 3 is 2.00 bits per heavy atom. The van der Waals surface area contributed by atoms with E-state index in [0.29, 0.717) is 11.3 Å². The highest BCUT2D eigenvalue weighted by Crippen LogP contribution is 2.59. The maximum absolute atomic E-state index is 12.9. The zero-order valence-electron chi connectivity index (χ0n) is 15.8. The van der Waals surface area contributed by atoms with Crippen LogP contribution in [0.2, 0.25) is 0 Å². The smallest absolute Gasteiger partial charge is 0.229 e. The molecule has 1 saturated heterocycles. The minimum Gasteiger partial charge on any atom is -0.342 e. The first-order valence-corrected chi connectivity index (χ1v) is 9.35. The lowest BCUT2D eigenvalue weighted by Gasteiger charge is -2.38.